The van der Waals surface area contributed by atoms with Gasteiger partial charge in [-0.25, -0.2) is 0 Å². The molecule has 0 radical (unpaired) electrons. The number of ether oxygens (including phenoxy) is 1. The van der Waals surface area contributed by atoms with Crippen molar-refractivity contribution in [2.75, 3.05) is 19.9 Å². The molecule has 1 aromatic carbocycles. The van der Waals surface area contributed by atoms with Gasteiger partial charge in [-0.15, -0.1) is 0 Å². The highest BCUT2D eigenvalue weighted by atomic mass is 32.2. The summed E-state index contributed by atoms with van der Waals surface area (Å²) in [4.78, 5) is 0. The summed E-state index contributed by atoms with van der Waals surface area (Å²) in [6.45, 7) is 4.46. The van der Waals surface area contributed by atoms with Crippen LogP contribution >= 0.6 is 11.8 Å². The second-order valence-electron chi connectivity index (χ2n) is 4.00. The predicted molar refractivity (Wildman–Crippen MR) is 72.4 cm³/mol. The lowest BCUT2D eigenvalue weighted by Crippen LogP contribution is -2.19. The molecule has 0 saturated carbocycles. The van der Waals surface area contributed by atoms with Crippen LogP contribution in [0.5, 0.6) is 5.75 Å². The van der Waals surface area contributed by atoms with Crippen LogP contribution in [0.15, 0.2) is 24.3 Å². The highest BCUT2D eigenvalue weighted by Gasteiger charge is 2.10. The van der Waals surface area contributed by atoms with Gasteiger partial charge in [-0.3, -0.25) is 0 Å². The molecule has 0 aliphatic rings. The van der Waals surface area contributed by atoms with Crippen molar-refractivity contribution in [1.29, 1.82) is 0 Å². The molecule has 1 rings (SSSR count). The molecule has 0 aliphatic carbocycles. The first-order valence-corrected chi connectivity index (χ1v) is 6.65. The Bertz CT molecular complexity index is 297. The van der Waals surface area contributed by atoms with Crippen molar-refractivity contribution in [3.63, 3.8) is 0 Å². The highest BCUT2D eigenvalue weighted by Crippen LogP contribution is 2.22. The summed E-state index contributed by atoms with van der Waals surface area (Å²) in [5.74, 6) is 2.01. The van der Waals surface area contributed by atoms with Crippen molar-refractivity contribution >= 4 is 11.8 Å². The lowest BCUT2D eigenvalue weighted by molar-refractivity contribution is 0.414. The van der Waals surface area contributed by atoms with E-state index in [1.807, 2.05) is 30.9 Å². The average molecular weight is 239 g/mol. The summed E-state index contributed by atoms with van der Waals surface area (Å²) < 4.78 is 5.16. The van der Waals surface area contributed by atoms with Crippen molar-refractivity contribution in [2.45, 2.75) is 25.1 Å². The Morgan fingerprint density at radius 2 is 1.88 bits per heavy atom. The summed E-state index contributed by atoms with van der Waals surface area (Å²) in [7, 11) is 3.70. The monoisotopic (exact) mass is 239 g/mol. The Morgan fingerprint density at radius 3 is 2.31 bits per heavy atom. The SMILES string of the molecule is CNC(CSC(C)C)c1ccc(OC)cc1. The molecule has 0 fully saturated rings. The minimum absolute atomic E-state index is 0.415. The second-order valence-corrected chi connectivity index (χ2v) is 5.61. The van der Waals surface area contributed by atoms with Crippen LogP contribution in [0.25, 0.3) is 0 Å². The molecule has 0 spiro atoms. The normalized spacial score (nSPS) is 12.8. The first-order chi connectivity index (χ1) is 7.67. The molecule has 1 N–H and O–H groups in total. The number of thioether (sulfide) groups is 1. The van der Waals surface area contributed by atoms with Gasteiger partial charge in [-0.05, 0) is 30.0 Å². The third-order valence-electron chi connectivity index (χ3n) is 2.46. The molecule has 2 nitrogen and oxygen atoms in total. The van der Waals surface area contributed by atoms with Gasteiger partial charge < -0.3 is 10.1 Å². The van der Waals surface area contributed by atoms with E-state index in [4.69, 9.17) is 4.74 Å². The number of rotatable bonds is 6. The Hall–Kier alpha value is -0.670. The molecule has 1 unspecified atom stereocenters. The lowest BCUT2D eigenvalue weighted by atomic mass is 10.1. The van der Waals surface area contributed by atoms with Gasteiger partial charge in [0, 0.05) is 11.8 Å². The van der Waals surface area contributed by atoms with E-state index in [9.17, 15) is 0 Å². The minimum Gasteiger partial charge on any atom is -0.497 e. The molecule has 0 heterocycles. The maximum absolute atomic E-state index is 5.16. The van der Waals surface area contributed by atoms with Gasteiger partial charge in [0.1, 0.15) is 5.75 Å². The maximum Gasteiger partial charge on any atom is 0.118 e. The Kier molecular flexibility index (Phi) is 5.71. The number of benzene rings is 1. The molecule has 1 atom stereocenters. The van der Waals surface area contributed by atoms with Gasteiger partial charge in [0.15, 0.2) is 0 Å². The maximum atomic E-state index is 5.16. The van der Waals surface area contributed by atoms with Crippen LogP contribution in [0.4, 0.5) is 0 Å². The van der Waals surface area contributed by atoms with Gasteiger partial charge in [0.25, 0.3) is 0 Å². The molecule has 16 heavy (non-hydrogen) atoms. The van der Waals surface area contributed by atoms with Crippen LogP contribution in [0.2, 0.25) is 0 Å². The van der Waals surface area contributed by atoms with Crippen LogP contribution in [0.1, 0.15) is 25.5 Å². The van der Waals surface area contributed by atoms with Gasteiger partial charge in [0.2, 0.25) is 0 Å². The predicted octanol–water partition coefficient (Wildman–Crippen LogP) is 3.10. The van der Waals surface area contributed by atoms with Crippen molar-refractivity contribution in [2.24, 2.45) is 0 Å². The first kappa shape index (κ1) is 13.4. The molecule has 0 aromatic heterocycles. The molecular weight excluding hydrogens is 218 g/mol. The van der Waals surface area contributed by atoms with Crippen molar-refractivity contribution in [3.05, 3.63) is 29.8 Å². The Balaban J connectivity index is 2.63. The second kappa shape index (κ2) is 6.81. The van der Waals surface area contributed by atoms with Gasteiger partial charge in [-0.1, -0.05) is 26.0 Å². The average Bonchev–Trinajstić information content (AvgIpc) is 2.30. The molecule has 1 aromatic rings. The smallest absolute Gasteiger partial charge is 0.118 e. The molecular formula is C13H21NOS. The summed E-state index contributed by atoms with van der Waals surface area (Å²) in [5.41, 5.74) is 1.32. The zero-order chi connectivity index (χ0) is 12.0. The molecule has 90 valence electrons. The van der Waals surface area contributed by atoms with E-state index in [0.717, 1.165) is 11.5 Å². The molecule has 0 saturated heterocycles. The molecule has 3 heteroatoms. The zero-order valence-corrected chi connectivity index (χ0v) is 11.3. The number of hydrogen-bond acceptors (Lipinski definition) is 3. The van der Waals surface area contributed by atoms with Gasteiger partial charge in [-0.2, -0.15) is 11.8 Å². The molecule has 0 aliphatic heterocycles. The van der Waals surface area contributed by atoms with E-state index < -0.39 is 0 Å². The van der Waals surface area contributed by atoms with Crippen LogP contribution in [0, 0.1) is 0 Å². The summed E-state index contributed by atoms with van der Waals surface area (Å²) >= 11 is 1.97. The quantitative estimate of drug-likeness (QED) is 0.824. The summed E-state index contributed by atoms with van der Waals surface area (Å²) in [6.07, 6.45) is 0. The highest BCUT2D eigenvalue weighted by molar-refractivity contribution is 7.99. The van der Waals surface area contributed by atoms with E-state index in [2.05, 4.69) is 31.3 Å². The van der Waals surface area contributed by atoms with Crippen molar-refractivity contribution in [1.82, 2.24) is 5.32 Å². The number of methoxy groups -OCH3 is 1. The number of hydrogen-bond donors (Lipinski definition) is 1. The first-order valence-electron chi connectivity index (χ1n) is 5.60. The fraction of sp³-hybridized carbons (Fsp3) is 0.538. The fourth-order valence-corrected chi connectivity index (χ4v) is 2.41. The van der Waals surface area contributed by atoms with E-state index in [1.165, 1.54) is 5.56 Å². The third-order valence-corrected chi connectivity index (χ3v) is 3.66. The van der Waals surface area contributed by atoms with Crippen LogP contribution in [-0.2, 0) is 0 Å². The Morgan fingerprint density at radius 1 is 1.25 bits per heavy atom. The van der Waals surface area contributed by atoms with E-state index in [1.54, 1.807) is 7.11 Å². The van der Waals surface area contributed by atoms with Gasteiger partial charge >= 0.3 is 0 Å². The minimum atomic E-state index is 0.415. The topological polar surface area (TPSA) is 21.3 Å². The van der Waals surface area contributed by atoms with Gasteiger partial charge in [0.05, 0.1) is 7.11 Å². The Labute approximate surface area is 103 Å². The fourth-order valence-electron chi connectivity index (χ4n) is 1.47. The van der Waals surface area contributed by atoms with Crippen LogP contribution in [-0.4, -0.2) is 25.2 Å². The van der Waals surface area contributed by atoms with Crippen molar-refractivity contribution in [3.8, 4) is 5.75 Å². The van der Waals surface area contributed by atoms with Crippen LogP contribution < -0.4 is 10.1 Å². The third kappa shape index (κ3) is 4.06. The summed E-state index contributed by atoms with van der Waals surface area (Å²) in [5, 5.41) is 4.02. The van der Waals surface area contributed by atoms with E-state index in [-0.39, 0.29) is 0 Å². The van der Waals surface area contributed by atoms with E-state index in [0.29, 0.717) is 11.3 Å². The zero-order valence-electron chi connectivity index (χ0n) is 10.5. The summed E-state index contributed by atoms with van der Waals surface area (Å²) in [6, 6.07) is 8.69. The standard InChI is InChI=1S/C13H21NOS/c1-10(2)16-9-13(14-3)11-5-7-12(15-4)8-6-11/h5-8,10,13-14H,9H2,1-4H3. The van der Waals surface area contributed by atoms with E-state index >= 15 is 0 Å². The molecule has 0 amide bonds. The largest absolute Gasteiger partial charge is 0.497 e. The van der Waals surface area contributed by atoms with Crippen molar-refractivity contribution < 1.29 is 4.74 Å². The van der Waals surface area contributed by atoms with Crippen LogP contribution in [0.3, 0.4) is 0 Å². The lowest BCUT2D eigenvalue weighted by Gasteiger charge is -2.17. The molecule has 0 bridgehead atoms. The number of nitrogens with one attached hydrogen (secondary N) is 1.